The second-order valence-electron chi connectivity index (χ2n) is 2.79. The van der Waals surface area contributed by atoms with Crippen LogP contribution in [0.3, 0.4) is 0 Å². The van der Waals surface area contributed by atoms with Gasteiger partial charge in [-0.15, -0.1) is 0 Å². The molecule has 0 amide bonds. The average molecular weight is 224 g/mol. The van der Waals surface area contributed by atoms with Crippen LogP contribution in [-0.4, -0.2) is 26.1 Å². The molecule has 1 aromatic heterocycles. The summed E-state index contributed by atoms with van der Waals surface area (Å²) >= 11 is 5.72. The molecular formula is C9H6ClN3O2. The summed E-state index contributed by atoms with van der Waals surface area (Å²) < 4.78 is 0. The van der Waals surface area contributed by atoms with Crippen molar-refractivity contribution in [1.29, 1.82) is 0 Å². The Hall–Kier alpha value is -1.88. The van der Waals surface area contributed by atoms with Crippen molar-refractivity contribution < 1.29 is 9.90 Å². The van der Waals surface area contributed by atoms with E-state index in [0.717, 1.165) is 0 Å². The molecule has 5 nitrogen and oxygen atoms in total. The highest BCUT2D eigenvalue weighted by Crippen LogP contribution is 2.18. The van der Waals surface area contributed by atoms with Crippen molar-refractivity contribution in [3.63, 3.8) is 0 Å². The Morgan fingerprint density at radius 1 is 1.33 bits per heavy atom. The molecule has 0 aliphatic carbocycles. The zero-order chi connectivity index (χ0) is 10.8. The van der Waals surface area contributed by atoms with E-state index in [1.807, 2.05) is 0 Å². The maximum Gasteiger partial charge on any atom is 0.337 e. The minimum atomic E-state index is -1.07. The van der Waals surface area contributed by atoms with Crippen LogP contribution in [-0.2, 0) is 0 Å². The highest BCUT2D eigenvalue weighted by Gasteiger charge is 2.10. The Kier molecular flexibility index (Phi) is 2.39. The molecule has 0 spiro atoms. The molecule has 0 saturated carbocycles. The lowest BCUT2D eigenvalue weighted by Crippen LogP contribution is -2.03. The van der Waals surface area contributed by atoms with Crippen LogP contribution in [0.1, 0.15) is 10.4 Å². The number of benzene rings is 1. The zero-order valence-corrected chi connectivity index (χ0v) is 8.22. The van der Waals surface area contributed by atoms with Gasteiger partial charge >= 0.3 is 5.97 Å². The lowest BCUT2D eigenvalue weighted by atomic mass is 10.2. The lowest BCUT2D eigenvalue weighted by molar-refractivity contribution is 0.0697. The van der Waals surface area contributed by atoms with Crippen LogP contribution in [0, 0.1) is 0 Å². The first kappa shape index (κ1) is 9.67. The van der Waals surface area contributed by atoms with E-state index in [1.165, 1.54) is 29.3 Å². The topological polar surface area (TPSA) is 68.0 Å². The highest BCUT2D eigenvalue weighted by atomic mass is 35.5. The Morgan fingerprint density at radius 3 is 2.60 bits per heavy atom. The fraction of sp³-hybridized carbons (Fsp3) is 0. The molecule has 0 saturated heterocycles. The van der Waals surface area contributed by atoms with E-state index in [4.69, 9.17) is 16.7 Å². The molecule has 0 unspecified atom stereocenters. The van der Waals surface area contributed by atoms with E-state index in [2.05, 4.69) is 10.2 Å². The van der Waals surface area contributed by atoms with Crippen LogP contribution in [0.25, 0.3) is 5.69 Å². The van der Waals surface area contributed by atoms with Crippen molar-refractivity contribution in [1.82, 2.24) is 15.0 Å². The summed E-state index contributed by atoms with van der Waals surface area (Å²) in [5.74, 6) is -1.07. The van der Waals surface area contributed by atoms with Gasteiger partial charge in [-0.1, -0.05) is 11.6 Å². The molecule has 6 heteroatoms. The molecule has 2 rings (SSSR count). The van der Waals surface area contributed by atoms with Crippen LogP contribution < -0.4 is 0 Å². The van der Waals surface area contributed by atoms with Crippen molar-refractivity contribution in [2.75, 3.05) is 0 Å². The van der Waals surface area contributed by atoms with Crippen molar-refractivity contribution in [3.8, 4) is 5.69 Å². The Labute approximate surface area is 89.9 Å². The molecule has 1 heterocycles. The molecule has 0 bridgehead atoms. The summed E-state index contributed by atoms with van der Waals surface area (Å²) in [5, 5.41) is 16.8. The molecule has 76 valence electrons. The summed E-state index contributed by atoms with van der Waals surface area (Å²) in [6, 6.07) is 4.57. The number of hydrogen-bond donors (Lipinski definition) is 1. The van der Waals surface area contributed by atoms with Crippen molar-refractivity contribution >= 4 is 17.6 Å². The van der Waals surface area contributed by atoms with Gasteiger partial charge in [-0.3, -0.25) is 0 Å². The van der Waals surface area contributed by atoms with E-state index in [1.54, 1.807) is 6.07 Å². The van der Waals surface area contributed by atoms with Gasteiger partial charge in [-0.05, 0) is 18.2 Å². The lowest BCUT2D eigenvalue weighted by Gasteiger charge is -2.02. The number of carboxylic acid groups (broad SMARTS) is 1. The molecule has 2 aromatic rings. The molecule has 1 N–H and O–H groups in total. The zero-order valence-electron chi connectivity index (χ0n) is 7.46. The molecule has 0 aliphatic heterocycles. The van der Waals surface area contributed by atoms with Gasteiger partial charge in [0.15, 0.2) is 0 Å². The predicted octanol–water partition coefficient (Wildman–Crippen LogP) is 1.62. The predicted molar refractivity (Wildman–Crippen MR) is 53.3 cm³/mol. The first-order valence-electron chi connectivity index (χ1n) is 4.08. The molecule has 1 aromatic carbocycles. The van der Waals surface area contributed by atoms with Crippen LogP contribution in [0.15, 0.2) is 30.6 Å². The number of nitrogens with zero attached hydrogens (tertiary/aromatic N) is 3. The molecule has 15 heavy (non-hydrogen) atoms. The fourth-order valence-electron chi connectivity index (χ4n) is 1.15. The van der Waals surface area contributed by atoms with E-state index in [-0.39, 0.29) is 10.6 Å². The summed E-state index contributed by atoms with van der Waals surface area (Å²) in [6.45, 7) is 0. The summed E-state index contributed by atoms with van der Waals surface area (Å²) in [6.07, 6.45) is 3.02. The third-order valence-corrected chi connectivity index (χ3v) is 2.16. The molecular weight excluding hydrogens is 218 g/mol. The molecule has 0 atom stereocenters. The Balaban J connectivity index is 2.52. The van der Waals surface area contributed by atoms with E-state index in [9.17, 15) is 4.79 Å². The largest absolute Gasteiger partial charge is 0.478 e. The quantitative estimate of drug-likeness (QED) is 0.840. The van der Waals surface area contributed by atoms with E-state index < -0.39 is 5.97 Å². The Bertz CT molecular complexity index is 496. The number of carbonyl (C=O) groups is 1. The second kappa shape index (κ2) is 3.70. The molecule has 0 aliphatic rings. The monoisotopic (exact) mass is 223 g/mol. The van der Waals surface area contributed by atoms with Gasteiger partial charge in [0.25, 0.3) is 0 Å². The standard InChI is InChI=1S/C9H6ClN3O2/c10-8-2-1-6(5-7(8)9(14)15)13-11-3-4-12-13/h1-5H,(H,14,15). The van der Waals surface area contributed by atoms with Crippen molar-refractivity contribution in [2.45, 2.75) is 0 Å². The number of aromatic carboxylic acids is 1. The summed E-state index contributed by atoms with van der Waals surface area (Å²) in [5.41, 5.74) is 0.591. The molecule has 0 fully saturated rings. The SMILES string of the molecule is O=C(O)c1cc(-n2nccn2)ccc1Cl. The van der Waals surface area contributed by atoms with E-state index in [0.29, 0.717) is 5.69 Å². The second-order valence-corrected chi connectivity index (χ2v) is 3.20. The van der Waals surface area contributed by atoms with Gasteiger partial charge in [0.2, 0.25) is 0 Å². The van der Waals surface area contributed by atoms with Crippen LogP contribution in [0.5, 0.6) is 0 Å². The van der Waals surface area contributed by atoms with Gasteiger partial charge in [0, 0.05) is 0 Å². The third-order valence-electron chi connectivity index (χ3n) is 1.83. The van der Waals surface area contributed by atoms with Gasteiger partial charge in [0.05, 0.1) is 28.7 Å². The maximum absolute atomic E-state index is 10.8. The summed E-state index contributed by atoms with van der Waals surface area (Å²) in [7, 11) is 0. The van der Waals surface area contributed by atoms with Crippen LogP contribution in [0.4, 0.5) is 0 Å². The van der Waals surface area contributed by atoms with Gasteiger partial charge in [-0.2, -0.15) is 15.0 Å². The smallest absolute Gasteiger partial charge is 0.337 e. The highest BCUT2D eigenvalue weighted by molar-refractivity contribution is 6.33. The van der Waals surface area contributed by atoms with Gasteiger partial charge in [-0.25, -0.2) is 4.79 Å². The number of hydrogen-bond acceptors (Lipinski definition) is 3. The Morgan fingerprint density at radius 2 is 2.00 bits per heavy atom. The van der Waals surface area contributed by atoms with E-state index >= 15 is 0 Å². The third kappa shape index (κ3) is 1.82. The average Bonchev–Trinajstić information content (AvgIpc) is 2.71. The van der Waals surface area contributed by atoms with Crippen molar-refractivity contribution in [2.24, 2.45) is 0 Å². The summed E-state index contributed by atoms with van der Waals surface area (Å²) in [4.78, 5) is 12.1. The van der Waals surface area contributed by atoms with Gasteiger partial charge < -0.3 is 5.11 Å². The minimum absolute atomic E-state index is 0.0338. The fourth-order valence-corrected chi connectivity index (χ4v) is 1.35. The van der Waals surface area contributed by atoms with Crippen LogP contribution in [0.2, 0.25) is 5.02 Å². The van der Waals surface area contributed by atoms with Gasteiger partial charge in [0.1, 0.15) is 0 Å². The number of carboxylic acids is 1. The number of halogens is 1. The first-order chi connectivity index (χ1) is 7.18. The maximum atomic E-state index is 10.8. The van der Waals surface area contributed by atoms with Crippen molar-refractivity contribution in [3.05, 3.63) is 41.2 Å². The number of aromatic nitrogens is 3. The normalized spacial score (nSPS) is 10.2. The minimum Gasteiger partial charge on any atom is -0.478 e. The molecule has 0 radical (unpaired) electrons. The number of rotatable bonds is 2. The van der Waals surface area contributed by atoms with Crippen LogP contribution >= 0.6 is 11.6 Å². The first-order valence-corrected chi connectivity index (χ1v) is 4.46.